The first-order chi connectivity index (χ1) is 10.8. The fourth-order valence-corrected chi connectivity index (χ4v) is 2.15. The first-order valence-corrected chi connectivity index (χ1v) is 7.59. The Kier molecular flexibility index (Phi) is 5.19. The van der Waals surface area contributed by atoms with E-state index in [0.717, 1.165) is 11.1 Å². The van der Waals surface area contributed by atoms with Crippen LogP contribution in [0.4, 0.5) is 0 Å². The Balaban J connectivity index is 2.36. The highest BCUT2D eigenvalue weighted by atomic mass is 17.1. The van der Waals surface area contributed by atoms with Crippen molar-refractivity contribution in [3.05, 3.63) is 65.2 Å². The summed E-state index contributed by atoms with van der Waals surface area (Å²) in [7, 11) is 0. The number of rotatable bonds is 5. The van der Waals surface area contributed by atoms with Gasteiger partial charge in [-0.05, 0) is 55.2 Å². The van der Waals surface area contributed by atoms with Gasteiger partial charge in [-0.2, -0.15) is 0 Å². The predicted molar refractivity (Wildman–Crippen MR) is 88.7 cm³/mol. The third kappa shape index (κ3) is 4.18. The summed E-state index contributed by atoms with van der Waals surface area (Å²) in [5.74, 6) is 0.268. The van der Waals surface area contributed by atoms with Crippen LogP contribution in [0.3, 0.4) is 0 Å². The summed E-state index contributed by atoms with van der Waals surface area (Å²) >= 11 is 0. The molecule has 0 amide bonds. The van der Waals surface area contributed by atoms with E-state index in [2.05, 4.69) is 18.7 Å². The molecule has 2 aromatic carbocycles. The highest BCUT2D eigenvalue weighted by Crippen LogP contribution is 2.31. The van der Waals surface area contributed by atoms with Gasteiger partial charge in [0.05, 0.1) is 5.56 Å². The number of carbonyl (C=O) groups is 1. The third-order valence-corrected chi connectivity index (χ3v) is 3.74. The Hall–Kier alpha value is -2.17. The lowest BCUT2D eigenvalue weighted by Gasteiger charge is -2.23. The molecule has 23 heavy (non-hydrogen) atoms. The molecule has 0 aliphatic heterocycles. The van der Waals surface area contributed by atoms with Crippen LogP contribution in [0.2, 0.25) is 0 Å². The van der Waals surface area contributed by atoms with E-state index >= 15 is 0 Å². The van der Waals surface area contributed by atoms with Crippen LogP contribution in [0.1, 0.15) is 55.1 Å². The zero-order valence-electron chi connectivity index (χ0n) is 13.9. The van der Waals surface area contributed by atoms with Gasteiger partial charge in [0.25, 0.3) is 0 Å². The SMILES string of the molecule is CC(C)c1cc(OC(=O)c2ccccc2)cc(C(C)(C)OO)c1. The van der Waals surface area contributed by atoms with E-state index in [0.29, 0.717) is 11.3 Å². The maximum absolute atomic E-state index is 12.2. The number of ether oxygens (including phenoxy) is 1. The van der Waals surface area contributed by atoms with Crippen LogP contribution in [0.15, 0.2) is 48.5 Å². The fourth-order valence-electron chi connectivity index (χ4n) is 2.15. The second kappa shape index (κ2) is 6.94. The highest BCUT2D eigenvalue weighted by Gasteiger charge is 2.24. The van der Waals surface area contributed by atoms with Crippen molar-refractivity contribution in [2.75, 3.05) is 0 Å². The number of hydrogen-bond acceptors (Lipinski definition) is 4. The Morgan fingerprint density at radius 2 is 1.74 bits per heavy atom. The van der Waals surface area contributed by atoms with Crippen molar-refractivity contribution in [2.24, 2.45) is 0 Å². The Morgan fingerprint density at radius 1 is 1.09 bits per heavy atom. The first-order valence-electron chi connectivity index (χ1n) is 7.59. The molecule has 0 spiro atoms. The van der Waals surface area contributed by atoms with Gasteiger partial charge in [0.1, 0.15) is 11.4 Å². The largest absolute Gasteiger partial charge is 0.423 e. The molecule has 0 radical (unpaired) electrons. The number of esters is 1. The Bertz CT molecular complexity index is 675. The van der Waals surface area contributed by atoms with E-state index in [9.17, 15) is 4.79 Å². The number of benzene rings is 2. The molecule has 2 aromatic rings. The van der Waals surface area contributed by atoms with Gasteiger partial charge in [0.15, 0.2) is 0 Å². The normalized spacial score (nSPS) is 11.6. The summed E-state index contributed by atoms with van der Waals surface area (Å²) in [5.41, 5.74) is 1.34. The highest BCUT2D eigenvalue weighted by molar-refractivity contribution is 5.91. The van der Waals surface area contributed by atoms with Gasteiger partial charge < -0.3 is 4.74 Å². The van der Waals surface area contributed by atoms with Crippen LogP contribution in [0.25, 0.3) is 0 Å². The average Bonchev–Trinajstić information content (AvgIpc) is 2.55. The molecular formula is C19H22O4. The molecule has 0 fully saturated rings. The lowest BCUT2D eigenvalue weighted by Crippen LogP contribution is -2.20. The summed E-state index contributed by atoms with van der Waals surface area (Å²) in [6, 6.07) is 14.3. The first kappa shape index (κ1) is 17.2. The van der Waals surface area contributed by atoms with E-state index in [1.165, 1.54) is 0 Å². The molecule has 0 atom stereocenters. The van der Waals surface area contributed by atoms with E-state index < -0.39 is 11.6 Å². The van der Waals surface area contributed by atoms with Gasteiger partial charge in [0.2, 0.25) is 0 Å². The molecule has 4 nitrogen and oxygen atoms in total. The van der Waals surface area contributed by atoms with Crippen molar-refractivity contribution in [2.45, 2.75) is 39.2 Å². The second-order valence-corrected chi connectivity index (χ2v) is 6.30. The van der Waals surface area contributed by atoms with E-state index in [1.54, 1.807) is 44.2 Å². The van der Waals surface area contributed by atoms with Crippen LogP contribution < -0.4 is 4.74 Å². The van der Waals surface area contributed by atoms with Crippen LogP contribution in [-0.2, 0) is 10.5 Å². The molecule has 0 heterocycles. The van der Waals surface area contributed by atoms with Crippen molar-refractivity contribution in [3.8, 4) is 5.75 Å². The van der Waals surface area contributed by atoms with Crippen molar-refractivity contribution in [1.82, 2.24) is 0 Å². The number of carbonyl (C=O) groups excluding carboxylic acids is 1. The van der Waals surface area contributed by atoms with Crippen LogP contribution in [0, 0.1) is 0 Å². The molecule has 0 aliphatic rings. The second-order valence-electron chi connectivity index (χ2n) is 6.30. The van der Waals surface area contributed by atoms with Gasteiger partial charge in [-0.1, -0.05) is 38.1 Å². The standard InChI is InChI=1S/C19H22O4/c1-13(2)15-10-16(19(3,4)23-21)12-17(11-15)22-18(20)14-8-6-5-7-9-14/h5-13,21H,1-4H3. The molecule has 4 heteroatoms. The van der Waals surface area contributed by atoms with Gasteiger partial charge >= 0.3 is 5.97 Å². The molecular weight excluding hydrogens is 292 g/mol. The monoisotopic (exact) mass is 314 g/mol. The average molecular weight is 314 g/mol. The summed E-state index contributed by atoms with van der Waals surface area (Å²) in [6.45, 7) is 7.59. The van der Waals surface area contributed by atoms with Crippen molar-refractivity contribution < 1.29 is 19.7 Å². The van der Waals surface area contributed by atoms with Crippen LogP contribution in [0.5, 0.6) is 5.75 Å². The van der Waals surface area contributed by atoms with Crippen molar-refractivity contribution in [3.63, 3.8) is 0 Å². The minimum Gasteiger partial charge on any atom is -0.423 e. The minimum absolute atomic E-state index is 0.249. The zero-order valence-corrected chi connectivity index (χ0v) is 13.9. The molecule has 1 N–H and O–H groups in total. The molecule has 0 unspecified atom stereocenters. The van der Waals surface area contributed by atoms with E-state index in [-0.39, 0.29) is 5.92 Å². The Labute approximate surface area is 136 Å². The zero-order chi connectivity index (χ0) is 17.0. The van der Waals surface area contributed by atoms with E-state index in [4.69, 9.17) is 9.99 Å². The van der Waals surface area contributed by atoms with Gasteiger partial charge in [-0.25, -0.2) is 9.68 Å². The predicted octanol–water partition coefficient (Wildman–Crippen LogP) is 4.75. The summed E-state index contributed by atoms with van der Waals surface area (Å²) in [5, 5.41) is 9.12. The fraction of sp³-hybridized carbons (Fsp3) is 0.316. The third-order valence-electron chi connectivity index (χ3n) is 3.74. The number of hydrogen-bond donors (Lipinski definition) is 1. The molecule has 0 saturated carbocycles. The lowest BCUT2D eigenvalue weighted by atomic mass is 9.92. The quantitative estimate of drug-likeness (QED) is 0.374. The summed E-state index contributed by atoms with van der Waals surface area (Å²) < 4.78 is 5.50. The maximum Gasteiger partial charge on any atom is 0.343 e. The van der Waals surface area contributed by atoms with Crippen molar-refractivity contribution in [1.29, 1.82) is 0 Å². The molecule has 0 saturated heterocycles. The molecule has 122 valence electrons. The Morgan fingerprint density at radius 3 is 2.30 bits per heavy atom. The molecule has 0 bridgehead atoms. The lowest BCUT2D eigenvalue weighted by molar-refractivity contribution is -0.318. The summed E-state index contributed by atoms with van der Waals surface area (Å²) in [4.78, 5) is 16.8. The van der Waals surface area contributed by atoms with Crippen LogP contribution in [-0.4, -0.2) is 11.2 Å². The minimum atomic E-state index is -0.890. The van der Waals surface area contributed by atoms with E-state index in [1.807, 2.05) is 18.2 Å². The smallest absolute Gasteiger partial charge is 0.343 e. The summed E-state index contributed by atoms with van der Waals surface area (Å²) in [6.07, 6.45) is 0. The topological polar surface area (TPSA) is 55.8 Å². The van der Waals surface area contributed by atoms with Crippen molar-refractivity contribution >= 4 is 5.97 Å². The van der Waals surface area contributed by atoms with Gasteiger partial charge in [0, 0.05) is 0 Å². The van der Waals surface area contributed by atoms with Gasteiger partial charge in [-0.3, -0.25) is 5.26 Å². The molecule has 2 rings (SSSR count). The molecule has 0 aliphatic carbocycles. The van der Waals surface area contributed by atoms with Gasteiger partial charge in [-0.15, -0.1) is 0 Å². The molecule has 0 aromatic heterocycles. The van der Waals surface area contributed by atoms with Crippen LogP contribution >= 0.6 is 0 Å². The maximum atomic E-state index is 12.2.